The Labute approximate surface area is 228 Å². The fourth-order valence-electron chi connectivity index (χ4n) is 5.15. The van der Waals surface area contributed by atoms with Crippen LogP contribution in [0.5, 0.6) is 0 Å². The summed E-state index contributed by atoms with van der Waals surface area (Å²) < 4.78 is 59.5. The molecule has 4 nitrogen and oxygen atoms in total. The van der Waals surface area contributed by atoms with Gasteiger partial charge in [-0.1, -0.05) is 0 Å². The average molecular weight is 551 g/mol. The summed E-state index contributed by atoms with van der Waals surface area (Å²) in [4.78, 5) is 10.0. The van der Waals surface area contributed by atoms with Crippen LogP contribution in [0.4, 0.5) is 0 Å². The number of furan rings is 1. The zero-order valence-corrected chi connectivity index (χ0v) is 23.0. The number of fused-ring (bicyclic) bond motifs is 3. The summed E-state index contributed by atoms with van der Waals surface area (Å²) in [5.41, 5.74) is 2.66. The molecule has 0 saturated heterocycles. The Morgan fingerprint density at radius 2 is 1.51 bits per heavy atom. The van der Waals surface area contributed by atoms with E-state index in [-0.39, 0.29) is 11.1 Å². The van der Waals surface area contributed by atoms with Gasteiger partial charge in [-0.2, -0.15) is 0 Å². The molecule has 6 rings (SSSR count). The third-order valence-electron chi connectivity index (χ3n) is 7.29. The van der Waals surface area contributed by atoms with Crippen LogP contribution >= 0.6 is 0 Å². The van der Waals surface area contributed by atoms with Gasteiger partial charge in [0.1, 0.15) is 0 Å². The molecule has 0 N–H and O–H groups in total. The van der Waals surface area contributed by atoms with Crippen molar-refractivity contribution < 1.29 is 17.2 Å². The quantitative estimate of drug-likeness (QED) is 0.232. The van der Waals surface area contributed by atoms with E-state index in [4.69, 9.17) is 22.6 Å². The topological polar surface area (TPSA) is 42.8 Å². The Morgan fingerprint density at radius 3 is 2.16 bits per heavy atom. The van der Waals surface area contributed by atoms with Gasteiger partial charge in [0, 0.05) is 0 Å². The molecule has 0 radical (unpaired) electrons. The van der Waals surface area contributed by atoms with Gasteiger partial charge in [-0.25, -0.2) is 0 Å². The Morgan fingerprint density at radius 1 is 0.838 bits per heavy atom. The van der Waals surface area contributed by atoms with Crippen LogP contribution in [0.15, 0.2) is 95.7 Å². The van der Waals surface area contributed by atoms with Crippen molar-refractivity contribution in [3.63, 3.8) is 0 Å². The van der Waals surface area contributed by atoms with Crippen molar-refractivity contribution in [2.45, 2.75) is 26.4 Å². The second-order valence-corrected chi connectivity index (χ2v) is 17.7. The Bertz CT molecular complexity index is 1950. The predicted molar refractivity (Wildman–Crippen MR) is 154 cm³/mol. The van der Waals surface area contributed by atoms with E-state index in [2.05, 4.69) is 30.0 Å². The van der Waals surface area contributed by atoms with Crippen LogP contribution in [-0.2, 0) is 7.05 Å². The van der Waals surface area contributed by atoms with E-state index in [0.29, 0.717) is 22.6 Å². The summed E-state index contributed by atoms with van der Waals surface area (Å²) in [5.74, 6) is 2.28. The van der Waals surface area contributed by atoms with Gasteiger partial charge in [0.25, 0.3) is 0 Å². The molecule has 5 heteroatoms. The van der Waals surface area contributed by atoms with E-state index >= 15 is 0 Å². The first-order valence-corrected chi connectivity index (χ1v) is 17.4. The van der Waals surface area contributed by atoms with Crippen molar-refractivity contribution in [1.29, 1.82) is 0 Å². The Balaban J connectivity index is 1.60. The monoisotopic (exact) mass is 552 g/mol. The van der Waals surface area contributed by atoms with E-state index in [1.165, 1.54) is 21.1 Å². The third kappa shape index (κ3) is 3.78. The second kappa shape index (κ2) is 8.96. The number of aromatic nitrogens is 3. The van der Waals surface area contributed by atoms with Crippen molar-refractivity contribution in [2.24, 2.45) is 7.05 Å². The molecule has 0 spiro atoms. The Kier molecular flexibility index (Phi) is 4.27. The van der Waals surface area contributed by atoms with Crippen molar-refractivity contribution in [1.82, 2.24) is 9.97 Å². The summed E-state index contributed by atoms with van der Waals surface area (Å²) in [7, 11) is 1.71. The molecule has 0 amide bonds. The minimum atomic E-state index is -3.27. The molecule has 0 saturated carbocycles. The van der Waals surface area contributed by atoms with Crippen LogP contribution in [0.1, 0.15) is 24.9 Å². The van der Waals surface area contributed by atoms with E-state index < -0.39 is 27.0 Å². The standard InChI is InChI=1S/C32H30GeN3O/c1-21-16-17-26-27-19-34-32(33(4,24-12-8-6-9-13-24)25-14-10-7-11-15-25)35-31(27)37-30(26)29(21)28-18-22(2)23(3)20-36(28)5/h6-20H,1-5H3/q+1/i2D3,3D3. The van der Waals surface area contributed by atoms with Crippen molar-refractivity contribution >= 4 is 48.8 Å². The van der Waals surface area contributed by atoms with Crippen LogP contribution in [0.3, 0.4) is 0 Å². The molecule has 0 aliphatic carbocycles. The van der Waals surface area contributed by atoms with Gasteiger partial charge in [-0.3, -0.25) is 0 Å². The van der Waals surface area contributed by atoms with Crippen molar-refractivity contribution in [3.05, 3.63) is 108 Å². The first-order valence-electron chi connectivity index (χ1n) is 15.2. The number of hydrogen-bond donors (Lipinski definition) is 0. The molecule has 6 aromatic rings. The predicted octanol–water partition coefficient (Wildman–Crippen LogP) is 4.89. The van der Waals surface area contributed by atoms with Crippen molar-refractivity contribution in [3.8, 4) is 11.3 Å². The molecule has 3 aromatic heterocycles. The van der Waals surface area contributed by atoms with E-state index in [1.54, 1.807) is 11.6 Å². The van der Waals surface area contributed by atoms with Gasteiger partial charge in [0.15, 0.2) is 0 Å². The minimum absolute atomic E-state index is 0.198. The second-order valence-electron chi connectivity index (χ2n) is 9.60. The molecule has 0 unspecified atom stereocenters. The molecule has 0 aliphatic rings. The fourth-order valence-corrected chi connectivity index (χ4v) is 11.9. The zero-order chi connectivity index (χ0) is 30.7. The first kappa shape index (κ1) is 17.6. The Hall–Kier alpha value is -3.77. The van der Waals surface area contributed by atoms with Gasteiger partial charge in [-0.05, 0) is 0 Å². The molecule has 0 aliphatic heterocycles. The number of aryl methyl sites for hydroxylation is 4. The normalized spacial score (nSPS) is 15.0. The molecule has 182 valence electrons. The molecule has 3 aromatic carbocycles. The number of benzene rings is 3. The summed E-state index contributed by atoms with van der Waals surface area (Å²) in [6, 6.07) is 26.1. The summed E-state index contributed by atoms with van der Waals surface area (Å²) in [6.45, 7) is -3.28. The van der Waals surface area contributed by atoms with E-state index in [0.717, 1.165) is 21.0 Å². The number of hydrogen-bond acceptors (Lipinski definition) is 3. The third-order valence-corrected chi connectivity index (χ3v) is 15.9. The van der Waals surface area contributed by atoms with Crippen LogP contribution < -0.4 is 18.0 Å². The van der Waals surface area contributed by atoms with Crippen molar-refractivity contribution in [2.75, 3.05) is 0 Å². The number of pyridine rings is 1. The van der Waals surface area contributed by atoms with Crippen LogP contribution in [0.2, 0.25) is 5.76 Å². The van der Waals surface area contributed by atoms with E-state index in [1.807, 2.05) is 61.7 Å². The molecular weight excluding hydrogens is 515 g/mol. The van der Waals surface area contributed by atoms with Gasteiger partial charge in [0.2, 0.25) is 0 Å². The molecule has 0 atom stereocenters. The fraction of sp³-hybridized carbons (Fsp3) is 0.156. The maximum atomic E-state index is 8.09. The zero-order valence-electron chi connectivity index (χ0n) is 26.9. The summed E-state index contributed by atoms with van der Waals surface area (Å²) in [6.07, 6.45) is 3.21. The SMILES string of the molecule is [2H]C([2H])([2H])c1cc(-c2c(C)ccc3c2oc2n[c]([Ge]([CH3])([c]4ccccc4)[c]4ccccc4)ncc23)[n+](C)cc1C([2H])([2H])[2H]. The first-order chi connectivity index (χ1) is 20.3. The van der Waals surface area contributed by atoms with Gasteiger partial charge in [0.05, 0.1) is 0 Å². The van der Waals surface area contributed by atoms with E-state index in [9.17, 15) is 0 Å². The molecule has 0 fully saturated rings. The van der Waals surface area contributed by atoms with Crippen LogP contribution in [-0.4, -0.2) is 23.2 Å². The molecule has 3 heterocycles. The summed E-state index contributed by atoms with van der Waals surface area (Å²) in [5, 5.41) is 1.55. The molecule has 37 heavy (non-hydrogen) atoms. The molecule has 0 bridgehead atoms. The maximum absolute atomic E-state index is 8.09. The number of nitrogens with zero attached hydrogens (tertiary/aromatic N) is 3. The van der Waals surface area contributed by atoms with Crippen LogP contribution in [0.25, 0.3) is 33.3 Å². The molecular formula is C32H30GeN3O+. The van der Waals surface area contributed by atoms with Crippen LogP contribution in [0, 0.1) is 20.6 Å². The van der Waals surface area contributed by atoms with Gasteiger partial charge >= 0.3 is 229 Å². The van der Waals surface area contributed by atoms with Gasteiger partial charge in [-0.15, -0.1) is 0 Å². The number of rotatable bonds is 4. The van der Waals surface area contributed by atoms with Gasteiger partial charge < -0.3 is 0 Å². The average Bonchev–Trinajstić information content (AvgIpc) is 3.34. The summed E-state index contributed by atoms with van der Waals surface area (Å²) >= 11 is -3.27.